The first-order valence-corrected chi connectivity index (χ1v) is 7.95. The second kappa shape index (κ2) is 7.22. The van der Waals surface area contributed by atoms with Crippen molar-refractivity contribution >= 4 is 31.9 Å². The van der Waals surface area contributed by atoms with Crippen LogP contribution in [0.2, 0.25) is 0 Å². The second-order valence-corrected chi connectivity index (χ2v) is 6.40. The van der Waals surface area contributed by atoms with E-state index in [1.165, 1.54) is 11.1 Å². The molecule has 19 heavy (non-hydrogen) atoms. The van der Waals surface area contributed by atoms with Crippen LogP contribution < -0.4 is 5.32 Å². The molecule has 2 aromatic carbocycles. The monoisotopic (exact) mass is 381 g/mol. The van der Waals surface area contributed by atoms with E-state index >= 15 is 0 Å². The number of halogens is 2. The van der Waals surface area contributed by atoms with Crippen molar-refractivity contribution in [2.24, 2.45) is 0 Å². The van der Waals surface area contributed by atoms with Crippen LogP contribution in [0.15, 0.2) is 57.5 Å². The van der Waals surface area contributed by atoms with Crippen LogP contribution in [-0.4, -0.2) is 6.54 Å². The zero-order valence-electron chi connectivity index (χ0n) is 10.9. The molecule has 1 N–H and O–H groups in total. The van der Waals surface area contributed by atoms with Gasteiger partial charge in [0, 0.05) is 22.0 Å². The van der Waals surface area contributed by atoms with E-state index in [1.54, 1.807) is 0 Å². The van der Waals surface area contributed by atoms with Crippen LogP contribution in [0.3, 0.4) is 0 Å². The van der Waals surface area contributed by atoms with E-state index in [-0.39, 0.29) is 0 Å². The first-order valence-electron chi connectivity index (χ1n) is 6.36. The molecule has 0 fully saturated rings. The molecule has 0 heterocycles. The summed E-state index contributed by atoms with van der Waals surface area (Å²) >= 11 is 7.01. The van der Waals surface area contributed by atoms with Crippen molar-refractivity contribution in [3.05, 3.63) is 68.6 Å². The second-order valence-electron chi connectivity index (χ2n) is 4.69. The Balaban J connectivity index is 1.85. The van der Waals surface area contributed by atoms with Crippen molar-refractivity contribution in [1.82, 2.24) is 5.32 Å². The molecule has 0 bridgehead atoms. The third kappa shape index (κ3) is 4.44. The molecule has 1 nitrogen and oxygen atoms in total. The van der Waals surface area contributed by atoms with Gasteiger partial charge in [0.25, 0.3) is 0 Å². The molecule has 0 aliphatic heterocycles. The maximum Gasteiger partial charge on any atom is 0.0320 e. The van der Waals surface area contributed by atoms with Gasteiger partial charge in [-0.1, -0.05) is 43.3 Å². The number of hydrogen-bond donors (Lipinski definition) is 1. The molecule has 0 aromatic heterocycles. The fourth-order valence-electron chi connectivity index (χ4n) is 1.98. The Morgan fingerprint density at radius 1 is 1.00 bits per heavy atom. The lowest BCUT2D eigenvalue weighted by molar-refractivity contribution is 0.615. The molecule has 2 aromatic rings. The average Bonchev–Trinajstić information content (AvgIpc) is 2.43. The average molecular weight is 383 g/mol. The van der Waals surface area contributed by atoms with Crippen molar-refractivity contribution in [1.29, 1.82) is 0 Å². The van der Waals surface area contributed by atoms with Gasteiger partial charge in [-0.25, -0.2) is 0 Å². The number of hydrogen-bond acceptors (Lipinski definition) is 1. The summed E-state index contributed by atoms with van der Waals surface area (Å²) in [7, 11) is 0. The molecule has 0 amide bonds. The summed E-state index contributed by atoms with van der Waals surface area (Å²) in [6.45, 7) is 4.13. The summed E-state index contributed by atoms with van der Waals surface area (Å²) in [6.07, 6.45) is 0. The lowest BCUT2D eigenvalue weighted by Crippen LogP contribution is -2.19. The van der Waals surface area contributed by atoms with E-state index in [0.29, 0.717) is 5.92 Å². The van der Waals surface area contributed by atoms with Crippen molar-refractivity contribution < 1.29 is 0 Å². The molecule has 2 rings (SSSR count). The van der Waals surface area contributed by atoms with Gasteiger partial charge in [-0.3, -0.25) is 0 Å². The van der Waals surface area contributed by atoms with Crippen LogP contribution in [0, 0.1) is 0 Å². The summed E-state index contributed by atoms with van der Waals surface area (Å²) < 4.78 is 2.19. The Bertz CT molecular complexity index is 526. The standard InChI is InChI=1S/C16H17Br2N/c1-12(14-5-3-2-4-6-14)10-19-11-13-7-8-15(17)16(18)9-13/h2-9,12,19H,10-11H2,1H3. The van der Waals surface area contributed by atoms with Gasteiger partial charge in [0.05, 0.1) is 0 Å². The molecule has 0 aliphatic carbocycles. The van der Waals surface area contributed by atoms with Crippen LogP contribution >= 0.6 is 31.9 Å². The third-order valence-electron chi connectivity index (χ3n) is 3.13. The molecule has 0 saturated carbocycles. The van der Waals surface area contributed by atoms with E-state index < -0.39 is 0 Å². The van der Waals surface area contributed by atoms with E-state index in [9.17, 15) is 0 Å². The molecule has 3 heteroatoms. The minimum atomic E-state index is 0.528. The van der Waals surface area contributed by atoms with E-state index in [1.807, 2.05) is 0 Å². The maximum atomic E-state index is 3.53. The zero-order chi connectivity index (χ0) is 13.7. The summed E-state index contributed by atoms with van der Waals surface area (Å²) in [4.78, 5) is 0. The van der Waals surface area contributed by atoms with Crippen LogP contribution in [0.1, 0.15) is 24.0 Å². The normalized spacial score (nSPS) is 12.4. The van der Waals surface area contributed by atoms with Gasteiger partial charge in [-0.15, -0.1) is 0 Å². The molecule has 0 saturated heterocycles. The first kappa shape index (κ1) is 14.8. The zero-order valence-corrected chi connectivity index (χ0v) is 14.0. The highest BCUT2D eigenvalue weighted by molar-refractivity contribution is 9.13. The SMILES string of the molecule is CC(CNCc1ccc(Br)c(Br)c1)c1ccccc1. The fraction of sp³-hybridized carbons (Fsp3) is 0.250. The lowest BCUT2D eigenvalue weighted by atomic mass is 10.0. The Kier molecular flexibility index (Phi) is 5.61. The largest absolute Gasteiger partial charge is 0.312 e. The fourth-order valence-corrected chi connectivity index (χ4v) is 2.65. The van der Waals surface area contributed by atoms with E-state index in [2.05, 4.69) is 92.6 Å². The first-order chi connectivity index (χ1) is 9.16. The molecule has 100 valence electrons. The Morgan fingerprint density at radius 3 is 2.42 bits per heavy atom. The Labute approximate surface area is 131 Å². The van der Waals surface area contributed by atoms with Gasteiger partial charge in [0.2, 0.25) is 0 Å². The van der Waals surface area contributed by atoms with E-state index in [0.717, 1.165) is 22.0 Å². The van der Waals surface area contributed by atoms with Gasteiger partial charge < -0.3 is 5.32 Å². The maximum absolute atomic E-state index is 3.53. The van der Waals surface area contributed by atoms with Crippen molar-refractivity contribution in [2.45, 2.75) is 19.4 Å². The molecule has 1 atom stereocenters. The molecule has 1 unspecified atom stereocenters. The highest BCUT2D eigenvalue weighted by Crippen LogP contribution is 2.23. The van der Waals surface area contributed by atoms with Gasteiger partial charge in [0.1, 0.15) is 0 Å². The Morgan fingerprint density at radius 2 is 1.74 bits per heavy atom. The third-order valence-corrected chi connectivity index (χ3v) is 5.01. The van der Waals surface area contributed by atoms with Crippen molar-refractivity contribution in [3.63, 3.8) is 0 Å². The molecule has 0 radical (unpaired) electrons. The van der Waals surface area contributed by atoms with Gasteiger partial charge in [-0.2, -0.15) is 0 Å². The van der Waals surface area contributed by atoms with Gasteiger partial charge >= 0.3 is 0 Å². The predicted molar refractivity (Wildman–Crippen MR) is 88.4 cm³/mol. The summed E-state index contributed by atoms with van der Waals surface area (Å²) in [5.74, 6) is 0.528. The van der Waals surface area contributed by atoms with Crippen LogP contribution in [0.4, 0.5) is 0 Å². The van der Waals surface area contributed by atoms with Crippen LogP contribution in [-0.2, 0) is 6.54 Å². The Hall–Kier alpha value is -0.640. The molecule has 0 spiro atoms. The summed E-state index contributed by atoms with van der Waals surface area (Å²) in [5.41, 5.74) is 2.67. The van der Waals surface area contributed by atoms with E-state index in [4.69, 9.17) is 0 Å². The topological polar surface area (TPSA) is 12.0 Å². The number of nitrogens with one attached hydrogen (secondary N) is 1. The summed E-state index contributed by atoms with van der Waals surface area (Å²) in [6, 6.07) is 17.0. The molecular formula is C16H17Br2N. The molecular weight excluding hydrogens is 366 g/mol. The highest BCUT2D eigenvalue weighted by Gasteiger charge is 2.04. The number of rotatable bonds is 5. The lowest BCUT2D eigenvalue weighted by Gasteiger charge is -2.13. The highest BCUT2D eigenvalue weighted by atomic mass is 79.9. The minimum Gasteiger partial charge on any atom is -0.312 e. The summed E-state index contributed by atoms with van der Waals surface area (Å²) in [5, 5.41) is 3.51. The quantitative estimate of drug-likeness (QED) is 0.757. The minimum absolute atomic E-state index is 0.528. The van der Waals surface area contributed by atoms with Gasteiger partial charge in [0.15, 0.2) is 0 Å². The van der Waals surface area contributed by atoms with Crippen LogP contribution in [0.25, 0.3) is 0 Å². The van der Waals surface area contributed by atoms with Crippen molar-refractivity contribution in [2.75, 3.05) is 6.54 Å². The van der Waals surface area contributed by atoms with Crippen molar-refractivity contribution in [3.8, 4) is 0 Å². The number of benzene rings is 2. The predicted octanol–water partition coefficient (Wildman–Crippen LogP) is 5.10. The molecule has 0 aliphatic rings. The van der Waals surface area contributed by atoms with Gasteiger partial charge in [-0.05, 0) is 61.0 Å². The smallest absolute Gasteiger partial charge is 0.0320 e. The van der Waals surface area contributed by atoms with Crippen LogP contribution in [0.5, 0.6) is 0 Å².